The quantitative estimate of drug-likeness (QED) is 0.742. The highest BCUT2D eigenvalue weighted by atomic mass is 16.3. The Morgan fingerprint density at radius 1 is 1.25 bits per heavy atom. The van der Waals surface area contributed by atoms with Gasteiger partial charge in [-0.3, -0.25) is 4.79 Å². The molecule has 0 radical (unpaired) electrons. The van der Waals surface area contributed by atoms with Crippen LogP contribution in [0.15, 0.2) is 22.8 Å². The lowest BCUT2D eigenvalue weighted by atomic mass is 10.2. The number of rotatable bonds is 8. The third kappa shape index (κ3) is 3.24. The van der Waals surface area contributed by atoms with E-state index >= 15 is 0 Å². The highest BCUT2D eigenvalue weighted by molar-refractivity contribution is 5.97. The van der Waals surface area contributed by atoms with Crippen LogP contribution in [-0.2, 0) is 6.54 Å². The lowest BCUT2D eigenvalue weighted by Crippen LogP contribution is -2.26. The van der Waals surface area contributed by atoms with Crippen LogP contribution in [0.4, 0.5) is 0 Å². The van der Waals surface area contributed by atoms with Gasteiger partial charge in [-0.2, -0.15) is 0 Å². The number of aryl methyl sites for hydroxylation is 1. The Labute approximate surface area is 120 Å². The maximum Gasteiger partial charge on any atom is 0.268 e. The zero-order valence-corrected chi connectivity index (χ0v) is 12.4. The second-order valence-corrected chi connectivity index (χ2v) is 5.17. The molecule has 2 rings (SSSR count). The van der Waals surface area contributed by atoms with Crippen LogP contribution < -0.4 is 5.32 Å². The number of nitrogens with zero attached hydrogens (tertiary/aromatic N) is 1. The molecule has 0 aliphatic rings. The molecule has 0 saturated heterocycles. The molecule has 0 aromatic carbocycles. The summed E-state index contributed by atoms with van der Waals surface area (Å²) in [6.45, 7) is 5.91. The van der Waals surface area contributed by atoms with Gasteiger partial charge in [0, 0.05) is 25.2 Å². The summed E-state index contributed by atoms with van der Waals surface area (Å²) in [4.78, 5) is 12.3. The molecule has 0 aliphatic heterocycles. The number of unbranched alkanes of at least 4 members (excludes halogenated alkanes) is 3. The second-order valence-electron chi connectivity index (χ2n) is 5.17. The molecular formula is C16H24N2O2. The van der Waals surface area contributed by atoms with Crippen molar-refractivity contribution in [2.45, 2.75) is 52.5 Å². The van der Waals surface area contributed by atoms with E-state index in [0.29, 0.717) is 5.69 Å². The minimum absolute atomic E-state index is 0.00334. The average Bonchev–Trinajstić information content (AvgIpc) is 3.02. The lowest BCUT2D eigenvalue weighted by molar-refractivity contribution is 0.0944. The van der Waals surface area contributed by atoms with E-state index in [9.17, 15) is 4.79 Å². The van der Waals surface area contributed by atoms with Crippen molar-refractivity contribution in [2.24, 2.45) is 0 Å². The van der Waals surface area contributed by atoms with Crippen LogP contribution in [0, 0.1) is 0 Å². The lowest BCUT2D eigenvalue weighted by Gasteiger charge is -2.09. The SMILES string of the molecule is CCCCCNC(=O)c1cc2occc2n1CCCC. The summed E-state index contributed by atoms with van der Waals surface area (Å²) >= 11 is 0. The monoisotopic (exact) mass is 276 g/mol. The molecule has 4 nitrogen and oxygen atoms in total. The van der Waals surface area contributed by atoms with Crippen molar-refractivity contribution in [1.29, 1.82) is 0 Å². The standard InChI is InChI=1S/C16H24N2O2/c1-3-5-7-9-17-16(19)14-12-15-13(8-11-20-15)18(14)10-6-4-2/h8,11-12H,3-7,9-10H2,1-2H3,(H,17,19). The van der Waals surface area contributed by atoms with Crippen LogP contribution in [0.1, 0.15) is 56.4 Å². The predicted molar refractivity (Wildman–Crippen MR) is 81.0 cm³/mol. The van der Waals surface area contributed by atoms with E-state index < -0.39 is 0 Å². The van der Waals surface area contributed by atoms with Gasteiger partial charge in [0.1, 0.15) is 5.69 Å². The van der Waals surface area contributed by atoms with Crippen molar-refractivity contribution < 1.29 is 9.21 Å². The summed E-state index contributed by atoms with van der Waals surface area (Å²) in [5.74, 6) is 0.00334. The molecule has 0 bridgehead atoms. The van der Waals surface area contributed by atoms with E-state index in [1.165, 1.54) is 0 Å². The normalized spacial score (nSPS) is 11.1. The van der Waals surface area contributed by atoms with Gasteiger partial charge in [-0.25, -0.2) is 0 Å². The van der Waals surface area contributed by atoms with E-state index in [2.05, 4.69) is 23.7 Å². The number of carbonyl (C=O) groups excluding carboxylic acids is 1. The number of carbonyl (C=O) groups is 1. The molecule has 0 saturated carbocycles. The average molecular weight is 276 g/mol. The van der Waals surface area contributed by atoms with Crippen molar-refractivity contribution >= 4 is 17.0 Å². The van der Waals surface area contributed by atoms with Crippen molar-refractivity contribution in [1.82, 2.24) is 9.88 Å². The highest BCUT2D eigenvalue weighted by Crippen LogP contribution is 2.21. The summed E-state index contributed by atoms with van der Waals surface area (Å²) in [6, 6.07) is 3.78. The number of hydrogen-bond acceptors (Lipinski definition) is 2. The molecule has 2 heterocycles. The van der Waals surface area contributed by atoms with Crippen molar-refractivity contribution in [3.8, 4) is 0 Å². The van der Waals surface area contributed by atoms with Gasteiger partial charge < -0.3 is 14.3 Å². The Hall–Kier alpha value is -1.71. The first-order chi connectivity index (χ1) is 9.77. The molecule has 0 fully saturated rings. The molecule has 110 valence electrons. The van der Waals surface area contributed by atoms with Gasteiger partial charge in [-0.15, -0.1) is 0 Å². The van der Waals surface area contributed by atoms with Gasteiger partial charge in [-0.05, 0) is 12.8 Å². The Morgan fingerprint density at radius 3 is 2.80 bits per heavy atom. The van der Waals surface area contributed by atoms with Crippen molar-refractivity contribution in [3.05, 3.63) is 24.1 Å². The van der Waals surface area contributed by atoms with E-state index in [0.717, 1.165) is 56.3 Å². The van der Waals surface area contributed by atoms with Gasteiger partial charge in [-0.1, -0.05) is 33.1 Å². The van der Waals surface area contributed by atoms with Crippen LogP contribution in [-0.4, -0.2) is 17.0 Å². The van der Waals surface area contributed by atoms with Crippen molar-refractivity contribution in [3.63, 3.8) is 0 Å². The van der Waals surface area contributed by atoms with Crippen LogP contribution in [0.5, 0.6) is 0 Å². The fraction of sp³-hybridized carbons (Fsp3) is 0.562. The summed E-state index contributed by atoms with van der Waals surface area (Å²) in [5, 5.41) is 3.00. The predicted octanol–water partition coefficient (Wildman–Crippen LogP) is 3.95. The molecule has 4 heteroatoms. The largest absolute Gasteiger partial charge is 0.463 e. The number of nitrogens with one attached hydrogen (secondary N) is 1. The second kappa shape index (κ2) is 7.17. The number of fused-ring (bicyclic) bond motifs is 1. The Bertz CT molecular complexity index is 554. The fourth-order valence-electron chi connectivity index (χ4n) is 2.39. The first-order valence-corrected chi connectivity index (χ1v) is 7.62. The highest BCUT2D eigenvalue weighted by Gasteiger charge is 2.16. The minimum atomic E-state index is 0.00334. The molecule has 1 N–H and O–H groups in total. The van der Waals surface area contributed by atoms with Crippen LogP contribution >= 0.6 is 0 Å². The summed E-state index contributed by atoms with van der Waals surface area (Å²) < 4.78 is 7.48. The summed E-state index contributed by atoms with van der Waals surface area (Å²) in [7, 11) is 0. The Kier molecular flexibility index (Phi) is 5.27. The number of hydrogen-bond donors (Lipinski definition) is 1. The number of aromatic nitrogens is 1. The summed E-state index contributed by atoms with van der Waals surface area (Å²) in [6.07, 6.45) is 7.19. The molecule has 0 unspecified atom stereocenters. The van der Waals surface area contributed by atoms with Gasteiger partial charge in [0.2, 0.25) is 0 Å². The van der Waals surface area contributed by atoms with Crippen LogP contribution in [0.3, 0.4) is 0 Å². The topological polar surface area (TPSA) is 47.2 Å². The number of furan rings is 1. The maximum absolute atomic E-state index is 12.3. The Balaban J connectivity index is 2.10. The van der Waals surface area contributed by atoms with E-state index in [-0.39, 0.29) is 5.91 Å². The zero-order valence-electron chi connectivity index (χ0n) is 12.4. The Morgan fingerprint density at radius 2 is 2.05 bits per heavy atom. The molecular weight excluding hydrogens is 252 g/mol. The van der Waals surface area contributed by atoms with Gasteiger partial charge in [0.15, 0.2) is 5.58 Å². The molecule has 2 aromatic rings. The third-order valence-corrected chi connectivity index (χ3v) is 3.56. The molecule has 1 amide bonds. The molecule has 20 heavy (non-hydrogen) atoms. The van der Waals surface area contributed by atoms with Crippen LogP contribution in [0.25, 0.3) is 11.1 Å². The zero-order chi connectivity index (χ0) is 14.4. The van der Waals surface area contributed by atoms with E-state index in [1.54, 1.807) is 6.26 Å². The molecule has 0 aliphatic carbocycles. The van der Waals surface area contributed by atoms with Gasteiger partial charge >= 0.3 is 0 Å². The minimum Gasteiger partial charge on any atom is -0.463 e. The molecule has 0 spiro atoms. The van der Waals surface area contributed by atoms with E-state index in [1.807, 2.05) is 12.1 Å². The van der Waals surface area contributed by atoms with E-state index in [4.69, 9.17) is 4.42 Å². The van der Waals surface area contributed by atoms with Gasteiger partial charge in [0.05, 0.1) is 11.8 Å². The first kappa shape index (κ1) is 14.7. The smallest absolute Gasteiger partial charge is 0.268 e. The third-order valence-electron chi connectivity index (χ3n) is 3.56. The fourth-order valence-corrected chi connectivity index (χ4v) is 2.39. The molecule has 0 atom stereocenters. The van der Waals surface area contributed by atoms with Crippen LogP contribution in [0.2, 0.25) is 0 Å². The van der Waals surface area contributed by atoms with Crippen molar-refractivity contribution in [2.75, 3.05) is 6.54 Å². The number of amides is 1. The molecule has 2 aromatic heterocycles. The maximum atomic E-state index is 12.3. The summed E-state index contributed by atoms with van der Waals surface area (Å²) in [5.41, 5.74) is 2.52. The van der Waals surface area contributed by atoms with Gasteiger partial charge in [0.25, 0.3) is 5.91 Å². The first-order valence-electron chi connectivity index (χ1n) is 7.62.